The first kappa shape index (κ1) is 18.8. The molecular formula is C18H11F6NO2. The van der Waals surface area contributed by atoms with Crippen molar-refractivity contribution < 1.29 is 36.2 Å². The molecule has 3 aromatic rings. The molecule has 1 N–H and O–H groups in total. The quantitative estimate of drug-likeness (QED) is 0.610. The molecule has 9 heteroatoms. The summed E-state index contributed by atoms with van der Waals surface area (Å²) >= 11 is 0. The van der Waals surface area contributed by atoms with Gasteiger partial charge in [0.15, 0.2) is 0 Å². The van der Waals surface area contributed by atoms with E-state index in [1.165, 1.54) is 16.8 Å². The van der Waals surface area contributed by atoms with E-state index in [2.05, 4.69) is 0 Å². The molecule has 0 aliphatic carbocycles. The van der Waals surface area contributed by atoms with E-state index in [4.69, 9.17) is 0 Å². The van der Waals surface area contributed by atoms with E-state index in [1.807, 2.05) is 0 Å². The summed E-state index contributed by atoms with van der Waals surface area (Å²) in [5, 5.41) is 9.59. The Hall–Kier alpha value is -2.97. The van der Waals surface area contributed by atoms with Gasteiger partial charge in [0, 0.05) is 23.6 Å². The van der Waals surface area contributed by atoms with Crippen LogP contribution in [0.4, 0.5) is 26.3 Å². The van der Waals surface area contributed by atoms with Crippen LogP contribution in [0.15, 0.2) is 48.7 Å². The maximum absolute atomic E-state index is 13.0. The number of halogens is 6. The number of benzene rings is 2. The van der Waals surface area contributed by atoms with Gasteiger partial charge in [0.2, 0.25) is 0 Å². The number of hydrogen-bond donors (Lipinski definition) is 1. The van der Waals surface area contributed by atoms with Crippen molar-refractivity contribution in [3.05, 3.63) is 70.9 Å². The van der Waals surface area contributed by atoms with E-state index in [0.717, 1.165) is 0 Å². The van der Waals surface area contributed by atoms with Crippen molar-refractivity contribution in [3.63, 3.8) is 0 Å². The van der Waals surface area contributed by atoms with E-state index < -0.39 is 29.4 Å². The van der Waals surface area contributed by atoms with Crippen LogP contribution in [-0.2, 0) is 18.9 Å². The molecule has 3 nitrogen and oxygen atoms in total. The molecule has 0 amide bonds. The van der Waals surface area contributed by atoms with Crippen LogP contribution in [0.1, 0.15) is 27.0 Å². The fraction of sp³-hybridized carbons (Fsp3) is 0.167. The minimum absolute atomic E-state index is 0.0555. The molecule has 1 aromatic heterocycles. The molecule has 3 rings (SSSR count). The molecule has 0 spiro atoms. The first-order valence-electron chi connectivity index (χ1n) is 7.56. The number of alkyl halides is 6. The lowest BCUT2D eigenvalue weighted by molar-refractivity contribution is -0.143. The summed E-state index contributed by atoms with van der Waals surface area (Å²) in [6.07, 6.45) is -8.69. The number of carboxylic acids is 1. The van der Waals surface area contributed by atoms with E-state index in [-0.39, 0.29) is 23.7 Å². The van der Waals surface area contributed by atoms with Gasteiger partial charge in [-0.3, -0.25) is 0 Å². The molecule has 142 valence electrons. The average Bonchev–Trinajstić information content (AvgIpc) is 2.92. The molecule has 0 atom stereocenters. The van der Waals surface area contributed by atoms with Crippen molar-refractivity contribution in [1.82, 2.24) is 4.57 Å². The van der Waals surface area contributed by atoms with Crippen molar-refractivity contribution in [2.45, 2.75) is 18.9 Å². The Morgan fingerprint density at radius 3 is 2.00 bits per heavy atom. The Morgan fingerprint density at radius 2 is 1.48 bits per heavy atom. The van der Waals surface area contributed by atoms with Gasteiger partial charge in [-0.1, -0.05) is 18.2 Å². The highest BCUT2D eigenvalue weighted by Gasteiger charge is 2.36. The normalized spacial score (nSPS) is 12.5. The first-order valence-corrected chi connectivity index (χ1v) is 7.56. The van der Waals surface area contributed by atoms with Crippen molar-refractivity contribution in [2.24, 2.45) is 0 Å². The predicted octanol–water partition coefficient (Wildman–Crippen LogP) is 5.43. The van der Waals surface area contributed by atoms with Gasteiger partial charge in [0.25, 0.3) is 0 Å². The predicted molar refractivity (Wildman–Crippen MR) is 84.4 cm³/mol. The standard InChI is InChI=1S/C18H11F6NO2/c19-17(20,21)11-5-10(6-12(7-11)18(22,23)24)8-25-9-14(16(26)27)13-3-1-2-4-15(13)25/h1-7,9H,8H2,(H,26,27). The van der Waals surface area contributed by atoms with E-state index in [1.54, 1.807) is 18.2 Å². The summed E-state index contributed by atoms with van der Waals surface area (Å²) in [5.74, 6) is -1.25. The molecule has 0 saturated carbocycles. The number of para-hydroxylation sites is 1. The van der Waals surface area contributed by atoms with Gasteiger partial charge in [-0.05, 0) is 29.8 Å². The summed E-state index contributed by atoms with van der Waals surface area (Å²) in [4.78, 5) is 11.3. The van der Waals surface area contributed by atoms with Gasteiger partial charge < -0.3 is 9.67 Å². The van der Waals surface area contributed by atoms with Crippen molar-refractivity contribution in [1.29, 1.82) is 0 Å². The Kier molecular flexibility index (Phi) is 4.41. The highest BCUT2D eigenvalue weighted by atomic mass is 19.4. The number of hydrogen-bond acceptors (Lipinski definition) is 1. The van der Waals surface area contributed by atoms with Crippen molar-refractivity contribution >= 4 is 16.9 Å². The summed E-state index contributed by atoms with van der Waals surface area (Å²) in [5.41, 5.74) is -2.77. The fourth-order valence-corrected chi connectivity index (χ4v) is 2.86. The molecule has 0 radical (unpaired) electrons. The van der Waals surface area contributed by atoms with E-state index >= 15 is 0 Å². The van der Waals surface area contributed by atoms with Crippen molar-refractivity contribution in [3.8, 4) is 0 Å². The average molecular weight is 387 g/mol. The fourth-order valence-electron chi connectivity index (χ4n) is 2.86. The van der Waals surface area contributed by atoms with Crippen LogP contribution in [0.5, 0.6) is 0 Å². The Balaban J connectivity index is 2.13. The van der Waals surface area contributed by atoms with E-state index in [9.17, 15) is 36.2 Å². The SMILES string of the molecule is O=C(O)c1cn(Cc2cc(C(F)(F)F)cc(C(F)(F)F)c2)c2ccccc12. The molecule has 0 bridgehead atoms. The summed E-state index contributed by atoms with van der Waals surface area (Å²) < 4.78 is 79.2. The van der Waals surface area contributed by atoms with Gasteiger partial charge in [-0.25, -0.2) is 4.79 Å². The lowest BCUT2D eigenvalue weighted by Crippen LogP contribution is -2.12. The van der Waals surface area contributed by atoms with E-state index in [0.29, 0.717) is 23.0 Å². The van der Waals surface area contributed by atoms with Crippen LogP contribution in [-0.4, -0.2) is 15.6 Å². The topological polar surface area (TPSA) is 42.2 Å². The van der Waals surface area contributed by atoms with Crippen LogP contribution in [0, 0.1) is 0 Å². The Morgan fingerprint density at radius 1 is 0.926 bits per heavy atom. The van der Waals surface area contributed by atoms with Crippen molar-refractivity contribution in [2.75, 3.05) is 0 Å². The smallest absolute Gasteiger partial charge is 0.416 e. The Labute approximate surface area is 148 Å². The van der Waals surface area contributed by atoms with Gasteiger partial charge in [-0.15, -0.1) is 0 Å². The molecule has 1 heterocycles. The highest BCUT2D eigenvalue weighted by molar-refractivity contribution is 6.03. The second kappa shape index (κ2) is 6.33. The van der Waals surface area contributed by atoms with Gasteiger partial charge in [0.05, 0.1) is 16.7 Å². The summed E-state index contributed by atoms with van der Waals surface area (Å²) in [6.45, 7) is -0.346. The highest BCUT2D eigenvalue weighted by Crippen LogP contribution is 2.36. The van der Waals surface area contributed by atoms with Crippen LogP contribution in [0.2, 0.25) is 0 Å². The van der Waals surface area contributed by atoms with Crippen LogP contribution < -0.4 is 0 Å². The zero-order valence-corrected chi connectivity index (χ0v) is 13.4. The molecule has 0 unspecified atom stereocenters. The van der Waals surface area contributed by atoms with Crippen LogP contribution in [0.3, 0.4) is 0 Å². The molecule has 0 fully saturated rings. The van der Waals surface area contributed by atoms with Crippen LogP contribution in [0.25, 0.3) is 10.9 Å². The monoisotopic (exact) mass is 387 g/mol. The third kappa shape index (κ3) is 3.76. The molecular weight excluding hydrogens is 376 g/mol. The third-order valence-electron chi connectivity index (χ3n) is 4.02. The number of nitrogens with zero attached hydrogens (tertiary/aromatic N) is 1. The minimum Gasteiger partial charge on any atom is -0.478 e. The lowest BCUT2D eigenvalue weighted by atomic mass is 10.0. The van der Waals surface area contributed by atoms with Gasteiger partial charge in [0.1, 0.15) is 0 Å². The molecule has 0 saturated heterocycles. The number of carboxylic acid groups (broad SMARTS) is 1. The zero-order valence-electron chi connectivity index (χ0n) is 13.4. The second-order valence-electron chi connectivity index (χ2n) is 5.91. The number of aromatic nitrogens is 1. The summed E-state index contributed by atoms with van der Waals surface area (Å²) in [7, 11) is 0. The van der Waals surface area contributed by atoms with Gasteiger partial charge in [-0.2, -0.15) is 26.3 Å². The molecule has 2 aromatic carbocycles. The molecule has 0 aliphatic heterocycles. The number of rotatable bonds is 3. The zero-order chi connectivity index (χ0) is 20.0. The largest absolute Gasteiger partial charge is 0.478 e. The number of aromatic carboxylic acids is 1. The number of fused-ring (bicyclic) bond motifs is 1. The second-order valence-corrected chi connectivity index (χ2v) is 5.91. The third-order valence-corrected chi connectivity index (χ3v) is 4.02. The van der Waals surface area contributed by atoms with Crippen LogP contribution >= 0.6 is 0 Å². The molecule has 0 aliphatic rings. The first-order chi connectivity index (χ1) is 12.5. The molecule has 27 heavy (non-hydrogen) atoms. The van der Waals surface area contributed by atoms with Gasteiger partial charge >= 0.3 is 18.3 Å². The summed E-state index contributed by atoms with van der Waals surface area (Å²) in [6, 6.07) is 7.56. The minimum atomic E-state index is -4.94. The lowest BCUT2D eigenvalue weighted by Gasteiger charge is -2.15. The Bertz CT molecular complexity index is 985. The number of carbonyl (C=O) groups is 1. The maximum Gasteiger partial charge on any atom is 0.416 e. The maximum atomic E-state index is 13.0.